The molecule has 2 fully saturated rings. The first-order valence-corrected chi connectivity index (χ1v) is 18.5. The minimum Gasteiger partial charge on any atom is -0.493 e. The number of carboxylic acids is 1. The number of carbonyl (C=O) groups is 2. The number of anilines is 1. The number of ether oxygens (including phenoxy) is 2. The second kappa shape index (κ2) is 14.5. The highest BCUT2D eigenvalue weighted by Crippen LogP contribution is 2.65. The predicted octanol–water partition coefficient (Wildman–Crippen LogP) is 7.06. The molecule has 1 spiro atoms. The first-order chi connectivity index (χ1) is 25.3. The van der Waals surface area contributed by atoms with Crippen molar-refractivity contribution in [2.75, 3.05) is 52.7 Å². The summed E-state index contributed by atoms with van der Waals surface area (Å²) < 4.78 is 28.4. The largest absolute Gasteiger partial charge is 0.493 e. The van der Waals surface area contributed by atoms with E-state index in [1.54, 1.807) is 24.1 Å². The van der Waals surface area contributed by atoms with Gasteiger partial charge < -0.3 is 35.4 Å². The molecule has 3 aromatic carbocycles. The number of nitrogens with zero attached hydrogens (tertiary/aromatic N) is 3. The van der Waals surface area contributed by atoms with Crippen LogP contribution in [0.3, 0.4) is 0 Å². The maximum atomic E-state index is 16.2. The molecule has 1 saturated carbocycles. The van der Waals surface area contributed by atoms with E-state index in [-0.39, 0.29) is 33.5 Å². The smallest absolute Gasteiger partial charge is 0.307 e. The Hall–Kier alpha value is -4.29. The molecule has 2 unspecified atom stereocenters. The fraction of sp³-hybridized carbons (Fsp3) is 0.400. The number of rotatable bonds is 11. The normalized spacial score (nSPS) is 20.7. The molecule has 0 aromatic heterocycles. The average Bonchev–Trinajstić information content (AvgIpc) is 3.61. The topological polar surface area (TPSA) is 121 Å². The van der Waals surface area contributed by atoms with Gasteiger partial charge in [-0.05, 0) is 68.1 Å². The highest BCUT2D eigenvalue weighted by Gasteiger charge is 2.57. The van der Waals surface area contributed by atoms with Gasteiger partial charge in [0.2, 0.25) is 5.82 Å². The van der Waals surface area contributed by atoms with Gasteiger partial charge in [-0.3, -0.25) is 14.5 Å². The lowest BCUT2D eigenvalue weighted by Crippen LogP contribution is -2.37. The van der Waals surface area contributed by atoms with Crippen molar-refractivity contribution in [1.82, 2.24) is 14.7 Å². The molecule has 13 heteroatoms. The summed E-state index contributed by atoms with van der Waals surface area (Å²) in [6.07, 6.45) is 3.28. The van der Waals surface area contributed by atoms with E-state index in [0.29, 0.717) is 67.4 Å². The van der Waals surface area contributed by atoms with E-state index >= 15 is 4.39 Å². The highest BCUT2D eigenvalue weighted by molar-refractivity contribution is 6.36. The van der Waals surface area contributed by atoms with E-state index in [2.05, 4.69) is 16.8 Å². The van der Waals surface area contributed by atoms with Crippen molar-refractivity contribution in [2.24, 2.45) is 17.1 Å². The molecular weight excluding hydrogens is 720 g/mol. The van der Waals surface area contributed by atoms with Gasteiger partial charge in [0, 0.05) is 67.6 Å². The van der Waals surface area contributed by atoms with Crippen molar-refractivity contribution in [2.45, 2.75) is 44.8 Å². The van der Waals surface area contributed by atoms with E-state index in [1.807, 2.05) is 42.3 Å². The van der Waals surface area contributed by atoms with Gasteiger partial charge in [0.25, 0.3) is 5.91 Å². The summed E-state index contributed by atoms with van der Waals surface area (Å²) in [5.74, 6) is -2.40. The van der Waals surface area contributed by atoms with Crippen LogP contribution in [0, 0.1) is 17.2 Å². The monoisotopic (exact) mass is 763 g/mol. The van der Waals surface area contributed by atoms with Crippen LogP contribution in [0.25, 0.3) is 11.1 Å². The standard InChI is InChI=1S/C40H44Cl2FN5O5/c1-22(47(3)32-12-15-46(2)21-30(32)44)38(49)45-31-10-6-8-26(33(31)42)25-7-5-9-27-28(25)18-40(13-14-40)37(27)53-36-29(41)17-24(35(52-4)34(36)43)20-48-16-11-23(19-48)39(50)51/h5-10,17,23,37H,1,11-16,18-21,44H2,2-4H3,(H,45,49)(H,50,51). The number of fused-ring (bicyclic) bond motifs is 1. The van der Waals surface area contributed by atoms with Crippen LogP contribution in [0.5, 0.6) is 11.5 Å². The first kappa shape index (κ1) is 37.0. The second-order valence-corrected chi connectivity index (χ2v) is 15.5. The molecule has 2 atom stereocenters. The number of aliphatic carboxylic acids is 1. The summed E-state index contributed by atoms with van der Waals surface area (Å²) >= 11 is 13.8. The van der Waals surface area contributed by atoms with Gasteiger partial charge in [0.15, 0.2) is 11.5 Å². The van der Waals surface area contributed by atoms with Gasteiger partial charge in [-0.15, -0.1) is 0 Å². The quantitative estimate of drug-likeness (QED) is 0.176. The Balaban J connectivity index is 1.14. The summed E-state index contributed by atoms with van der Waals surface area (Å²) in [5.41, 5.74) is 12.5. The molecular formula is C40H44Cl2FN5O5. The molecule has 4 aliphatic rings. The number of carbonyl (C=O) groups excluding carboxylic acids is 1. The van der Waals surface area contributed by atoms with E-state index in [0.717, 1.165) is 47.3 Å². The van der Waals surface area contributed by atoms with Gasteiger partial charge in [0.1, 0.15) is 6.10 Å². The minimum absolute atomic E-state index is 0.0334. The predicted molar refractivity (Wildman–Crippen MR) is 203 cm³/mol. The zero-order valence-corrected chi connectivity index (χ0v) is 31.6. The average molecular weight is 765 g/mol. The molecule has 2 aliphatic carbocycles. The van der Waals surface area contributed by atoms with Gasteiger partial charge >= 0.3 is 5.97 Å². The Bertz CT molecular complexity index is 2030. The number of nitrogens with one attached hydrogen (secondary N) is 1. The number of hydrogen-bond donors (Lipinski definition) is 3. The third kappa shape index (κ3) is 6.96. The van der Waals surface area contributed by atoms with E-state index in [1.165, 1.54) is 7.11 Å². The van der Waals surface area contributed by atoms with Crippen LogP contribution >= 0.6 is 23.2 Å². The van der Waals surface area contributed by atoms with Crippen LogP contribution in [0.1, 0.15) is 48.5 Å². The molecule has 2 heterocycles. The van der Waals surface area contributed by atoms with Crippen molar-refractivity contribution in [3.05, 3.63) is 98.7 Å². The Morgan fingerprint density at radius 2 is 1.89 bits per heavy atom. The number of halogens is 3. The van der Waals surface area contributed by atoms with Crippen LogP contribution in [0.15, 0.2) is 66.1 Å². The summed E-state index contributed by atoms with van der Waals surface area (Å²) in [7, 11) is 5.20. The minimum atomic E-state index is -0.833. The van der Waals surface area contributed by atoms with Crippen molar-refractivity contribution < 1.29 is 28.6 Å². The van der Waals surface area contributed by atoms with E-state index < -0.39 is 23.8 Å². The molecule has 0 radical (unpaired) electrons. The van der Waals surface area contributed by atoms with Crippen LogP contribution in [0.4, 0.5) is 10.1 Å². The number of carboxylic acid groups (broad SMARTS) is 1. The number of nitrogens with two attached hydrogens (primary N) is 1. The van der Waals surface area contributed by atoms with Gasteiger partial charge in [-0.1, -0.05) is 60.1 Å². The second-order valence-electron chi connectivity index (χ2n) is 14.7. The van der Waals surface area contributed by atoms with Gasteiger partial charge in [-0.25, -0.2) is 0 Å². The molecule has 4 N–H and O–H groups in total. The maximum Gasteiger partial charge on any atom is 0.307 e. The molecule has 280 valence electrons. The number of likely N-dealkylation sites (N-methyl/N-ethyl adjacent to an activating group) is 2. The molecule has 2 aliphatic heterocycles. The molecule has 10 nitrogen and oxygen atoms in total. The number of likely N-dealkylation sites (tertiary alicyclic amines) is 1. The number of methoxy groups -OCH3 is 1. The first-order valence-electron chi connectivity index (χ1n) is 17.8. The third-order valence-electron chi connectivity index (χ3n) is 11.3. The van der Waals surface area contributed by atoms with Crippen molar-refractivity contribution in [3.63, 3.8) is 0 Å². The van der Waals surface area contributed by atoms with Crippen molar-refractivity contribution in [1.29, 1.82) is 0 Å². The zero-order valence-electron chi connectivity index (χ0n) is 30.1. The lowest BCUT2D eigenvalue weighted by Gasteiger charge is -2.32. The van der Waals surface area contributed by atoms with Crippen molar-refractivity contribution in [3.8, 4) is 22.6 Å². The zero-order chi connectivity index (χ0) is 37.8. The molecule has 53 heavy (non-hydrogen) atoms. The molecule has 7 rings (SSSR count). The molecule has 3 aromatic rings. The van der Waals surface area contributed by atoms with Gasteiger partial charge in [-0.2, -0.15) is 4.39 Å². The lowest BCUT2D eigenvalue weighted by molar-refractivity contribution is -0.141. The molecule has 1 saturated heterocycles. The number of amides is 1. The molecule has 0 bridgehead atoms. The third-order valence-corrected chi connectivity index (χ3v) is 12.0. The summed E-state index contributed by atoms with van der Waals surface area (Å²) in [6, 6.07) is 13.1. The van der Waals surface area contributed by atoms with Gasteiger partial charge in [0.05, 0.1) is 34.5 Å². The van der Waals surface area contributed by atoms with Crippen LogP contribution in [-0.4, -0.2) is 79.1 Å². The summed E-state index contributed by atoms with van der Waals surface area (Å²) in [4.78, 5) is 30.8. The Kier molecular flexibility index (Phi) is 10.1. The SMILES string of the molecule is C=C(C(=O)Nc1cccc(-c2cccc3c2CC2(CC2)C3Oc2c(Cl)cc(CN3CCC(C(=O)O)C3)c(OC)c2F)c1Cl)N(C)C1=C(N)CN(C)CC1. The van der Waals surface area contributed by atoms with Crippen molar-refractivity contribution >= 4 is 40.8 Å². The maximum absolute atomic E-state index is 16.2. The molecule has 1 amide bonds. The fourth-order valence-electron chi connectivity index (χ4n) is 8.13. The lowest BCUT2D eigenvalue weighted by atomic mass is 9.96. The summed E-state index contributed by atoms with van der Waals surface area (Å²) in [5, 5.41) is 12.9. The van der Waals surface area contributed by atoms with E-state index in [9.17, 15) is 14.7 Å². The fourth-order valence-corrected chi connectivity index (χ4v) is 8.66. The number of benzene rings is 3. The summed E-state index contributed by atoms with van der Waals surface area (Å²) in [6.45, 7) is 6.76. The Labute approximate surface area is 318 Å². The van der Waals surface area contributed by atoms with Crippen LogP contribution < -0.4 is 20.5 Å². The Morgan fingerprint density at radius 1 is 1.15 bits per heavy atom. The van der Waals surface area contributed by atoms with Crippen LogP contribution in [-0.2, 0) is 22.6 Å². The van der Waals surface area contributed by atoms with Crippen LogP contribution in [0.2, 0.25) is 10.0 Å². The Morgan fingerprint density at radius 3 is 2.57 bits per heavy atom. The van der Waals surface area contributed by atoms with E-state index in [4.69, 9.17) is 38.4 Å². The highest BCUT2D eigenvalue weighted by atomic mass is 35.5. The number of hydrogen-bond acceptors (Lipinski definition) is 8.